The molecule has 6 nitrogen and oxygen atoms in total. The average Bonchev–Trinajstić information content (AvgIpc) is 3.13. The number of benzene rings is 1. The molecule has 3 heterocycles. The number of imidazole rings is 1. The van der Waals surface area contributed by atoms with Gasteiger partial charge in [0.25, 0.3) is 0 Å². The normalized spacial score (nSPS) is 13.8. The number of hydrogen-bond donors (Lipinski definition) is 1. The Bertz CT molecular complexity index is 859. The molecule has 1 N–H and O–H groups in total. The Morgan fingerprint density at radius 1 is 1.14 bits per heavy atom. The molecular weight excluding hydrogens is 296 g/mol. The lowest BCUT2D eigenvalue weighted by molar-refractivity contribution is 0.761. The quantitative estimate of drug-likeness (QED) is 0.790. The second-order valence-corrected chi connectivity index (χ2v) is 6.14. The molecule has 0 fully saturated rings. The zero-order valence-electron chi connectivity index (χ0n) is 12.2. The minimum absolute atomic E-state index is 0.672. The highest BCUT2D eigenvalue weighted by molar-refractivity contribution is 7.99. The zero-order chi connectivity index (χ0) is 15.1. The summed E-state index contributed by atoms with van der Waals surface area (Å²) in [7, 11) is 0. The summed E-state index contributed by atoms with van der Waals surface area (Å²) in [6.07, 6.45) is 1.66. The third-order valence-corrected chi connectivity index (χ3v) is 4.53. The maximum atomic E-state index is 4.74. The van der Waals surface area contributed by atoms with Crippen molar-refractivity contribution in [1.82, 2.24) is 24.8 Å². The highest BCUT2D eigenvalue weighted by Gasteiger charge is 2.22. The van der Waals surface area contributed by atoms with Gasteiger partial charge in [-0.25, -0.2) is 4.98 Å². The van der Waals surface area contributed by atoms with Crippen LogP contribution < -0.4 is 0 Å². The summed E-state index contributed by atoms with van der Waals surface area (Å²) in [5.74, 6) is 1.46. The van der Waals surface area contributed by atoms with Gasteiger partial charge in [0.05, 0.1) is 12.0 Å². The third-order valence-electron chi connectivity index (χ3n) is 3.60. The Balaban J connectivity index is 1.81. The average molecular weight is 310 g/mol. The summed E-state index contributed by atoms with van der Waals surface area (Å²) in [6.45, 7) is 4.04. The van der Waals surface area contributed by atoms with Crippen LogP contribution in [0.15, 0.2) is 40.9 Å². The van der Waals surface area contributed by atoms with E-state index in [1.54, 1.807) is 22.8 Å². The molecule has 0 spiro atoms. The van der Waals surface area contributed by atoms with E-state index in [9.17, 15) is 0 Å². The lowest BCUT2D eigenvalue weighted by Gasteiger charge is -2.13. The first-order valence-electron chi connectivity index (χ1n) is 6.96. The first-order valence-corrected chi connectivity index (χ1v) is 7.94. The standard InChI is InChI=1S/C15H14N6S/c1-9-3-5-11(6-4-9)12-7-22-15-19-18-14(21(15)20-12)13-10(2)16-8-17-13/h3-6,8H,7H2,1-2H3,(H,16,17). The van der Waals surface area contributed by atoms with Gasteiger partial charge in [-0.3, -0.25) is 0 Å². The van der Waals surface area contributed by atoms with Crippen molar-refractivity contribution in [3.63, 3.8) is 0 Å². The second-order valence-electron chi connectivity index (χ2n) is 5.20. The van der Waals surface area contributed by atoms with Crippen LogP contribution in [0, 0.1) is 13.8 Å². The molecule has 1 aromatic carbocycles. The topological polar surface area (TPSA) is 71.8 Å². The number of fused-ring (bicyclic) bond motifs is 1. The van der Waals surface area contributed by atoms with Crippen LogP contribution >= 0.6 is 11.8 Å². The van der Waals surface area contributed by atoms with Crippen LogP contribution in [0.25, 0.3) is 11.5 Å². The van der Waals surface area contributed by atoms with Crippen LogP contribution in [0.2, 0.25) is 0 Å². The van der Waals surface area contributed by atoms with Gasteiger partial charge in [0.1, 0.15) is 5.69 Å². The first kappa shape index (κ1) is 13.3. The first-order chi connectivity index (χ1) is 10.7. The number of aromatic nitrogens is 5. The Kier molecular flexibility index (Phi) is 3.07. The van der Waals surface area contributed by atoms with Crippen LogP contribution in [0.1, 0.15) is 16.8 Å². The lowest BCUT2D eigenvalue weighted by Crippen LogP contribution is -2.13. The summed E-state index contributed by atoms with van der Waals surface area (Å²) in [6, 6.07) is 8.40. The van der Waals surface area contributed by atoms with Crippen molar-refractivity contribution in [2.24, 2.45) is 5.10 Å². The monoisotopic (exact) mass is 310 g/mol. The highest BCUT2D eigenvalue weighted by Crippen LogP contribution is 2.28. The lowest BCUT2D eigenvalue weighted by atomic mass is 10.1. The molecule has 1 aliphatic rings. The van der Waals surface area contributed by atoms with E-state index in [1.165, 1.54) is 5.56 Å². The molecule has 1 aliphatic heterocycles. The third kappa shape index (κ3) is 2.14. The molecule has 4 rings (SSSR count). The number of hydrogen-bond acceptors (Lipinski definition) is 5. The Morgan fingerprint density at radius 3 is 2.68 bits per heavy atom. The van der Waals surface area contributed by atoms with Crippen molar-refractivity contribution in [3.8, 4) is 11.5 Å². The molecule has 22 heavy (non-hydrogen) atoms. The van der Waals surface area contributed by atoms with Gasteiger partial charge in [-0.1, -0.05) is 41.6 Å². The molecule has 0 radical (unpaired) electrons. The predicted molar refractivity (Wildman–Crippen MR) is 86.2 cm³/mol. The Labute approximate surface area is 131 Å². The van der Waals surface area contributed by atoms with E-state index in [0.717, 1.165) is 33.6 Å². The Morgan fingerprint density at radius 2 is 1.95 bits per heavy atom. The van der Waals surface area contributed by atoms with E-state index in [-0.39, 0.29) is 0 Å². The van der Waals surface area contributed by atoms with Crippen LogP contribution in [0.3, 0.4) is 0 Å². The molecule has 0 saturated carbocycles. The van der Waals surface area contributed by atoms with Gasteiger partial charge in [0.15, 0.2) is 0 Å². The second kappa shape index (κ2) is 5.10. The fraction of sp³-hybridized carbons (Fsp3) is 0.200. The van der Waals surface area contributed by atoms with Gasteiger partial charge in [-0.15, -0.1) is 10.2 Å². The van der Waals surface area contributed by atoms with Crippen molar-refractivity contribution in [2.75, 3.05) is 5.75 Å². The van der Waals surface area contributed by atoms with Crippen molar-refractivity contribution >= 4 is 17.5 Å². The molecule has 0 aliphatic carbocycles. The van der Waals surface area contributed by atoms with Gasteiger partial charge in [-0.05, 0) is 19.4 Å². The number of nitrogens with one attached hydrogen (secondary N) is 1. The molecule has 0 atom stereocenters. The van der Waals surface area contributed by atoms with Gasteiger partial charge < -0.3 is 4.98 Å². The maximum absolute atomic E-state index is 4.74. The largest absolute Gasteiger partial charge is 0.348 e. The number of rotatable bonds is 2. The molecule has 0 bridgehead atoms. The maximum Gasteiger partial charge on any atom is 0.212 e. The number of aryl methyl sites for hydroxylation is 2. The molecule has 0 unspecified atom stereocenters. The molecule has 110 valence electrons. The number of aromatic amines is 1. The molecular formula is C15H14N6S. The van der Waals surface area contributed by atoms with Crippen molar-refractivity contribution in [2.45, 2.75) is 19.0 Å². The van der Waals surface area contributed by atoms with Gasteiger partial charge in [0, 0.05) is 11.4 Å². The predicted octanol–water partition coefficient (Wildman–Crippen LogP) is 2.64. The molecule has 0 saturated heterocycles. The fourth-order valence-electron chi connectivity index (χ4n) is 2.35. The molecule has 0 amide bonds. The summed E-state index contributed by atoms with van der Waals surface area (Å²) in [5, 5.41) is 14.0. The zero-order valence-corrected chi connectivity index (χ0v) is 13.1. The molecule has 2 aromatic heterocycles. The van der Waals surface area contributed by atoms with E-state index >= 15 is 0 Å². The number of thioether (sulfide) groups is 1. The van der Waals surface area contributed by atoms with Crippen molar-refractivity contribution in [3.05, 3.63) is 47.4 Å². The fourth-order valence-corrected chi connectivity index (χ4v) is 3.19. The smallest absolute Gasteiger partial charge is 0.212 e. The summed E-state index contributed by atoms with van der Waals surface area (Å²) < 4.78 is 1.78. The van der Waals surface area contributed by atoms with E-state index < -0.39 is 0 Å². The summed E-state index contributed by atoms with van der Waals surface area (Å²) in [5.41, 5.74) is 5.13. The highest BCUT2D eigenvalue weighted by atomic mass is 32.2. The summed E-state index contributed by atoms with van der Waals surface area (Å²) >= 11 is 1.64. The van der Waals surface area contributed by atoms with E-state index in [2.05, 4.69) is 51.4 Å². The van der Waals surface area contributed by atoms with Gasteiger partial charge in [-0.2, -0.15) is 9.78 Å². The minimum Gasteiger partial charge on any atom is -0.348 e. The van der Waals surface area contributed by atoms with Crippen LogP contribution in [-0.2, 0) is 0 Å². The minimum atomic E-state index is 0.672. The number of nitrogens with zero attached hydrogens (tertiary/aromatic N) is 5. The summed E-state index contributed by atoms with van der Waals surface area (Å²) in [4.78, 5) is 7.38. The van der Waals surface area contributed by atoms with Crippen LogP contribution in [0.4, 0.5) is 0 Å². The SMILES string of the molecule is Cc1ccc(C2=Nn3c(nnc3-c3nc[nH]c3C)SC2)cc1. The van der Waals surface area contributed by atoms with Crippen molar-refractivity contribution in [1.29, 1.82) is 0 Å². The number of H-pyrrole nitrogens is 1. The van der Waals surface area contributed by atoms with Crippen LogP contribution in [0.5, 0.6) is 0 Å². The van der Waals surface area contributed by atoms with Gasteiger partial charge >= 0.3 is 0 Å². The van der Waals surface area contributed by atoms with Crippen LogP contribution in [-0.4, -0.2) is 36.3 Å². The van der Waals surface area contributed by atoms with E-state index in [4.69, 9.17) is 5.10 Å². The Hall–Kier alpha value is -2.41. The molecule has 3 aromatic rings. The van der Waals surface area contributed by atoms with E-state index in [1.807, 2.05) is 6.92 Å². The van der Waals surface area contributed by atoms with Crippen molar-refractivity contribution < 1.29 is 0 Å². The van der Waals surface area contributed by atoms with E-state index in [0.29, 0.717) is 5.82 Å². The van der Waals surface area contributed by atoms with Gasteiger partial charge in [0.2, 0.25) is 11.0 Å². The molecule has 7 heteroatoms.